The first-order valence-corrected chi connectivity index (χ1v) is 10.5. The van der Waals surface area contributed by atoms with Gasteiger partial charge in [-0.25, -0.2) is 0 Å². The maximum Gasteiger partial charge on any atom is 0.166 e. The van der Waals surface area contributed by atoms with Crippen LogP contribution in [0.25, 0.3) is 0 Å². The van der Waals surface area contributed by atoms with Crippen molar-refractivity contribution in [1.29, 1.82) is 5.26 Å². The normalized spacial score (nSPS) is 11.2. The van der Waals surface area contributed by atoms with E-state index in [4.69, 9.17) is 10.3 Å². The Morgan fingerprint density at radius 3 is 1.72 bits per heavy atom. The lowest BCUT2D eigenvalue weighted by molar-refractivity contribution is -0.119. The summed E-state index contributed by atoms with van der Waals surface area (Å²) in [6, 6.07) is 38.1. The summed E-state index contributed by atoms with van der Waals surface area (Å²) in [6.45, 7) is 0. The van der Waals surface area contributed by atoms with Crippen LogP contribution in [0.15, 0.2) is 120 Å². The predicted molar refractivity (Wildman–Crippen MR) is 128 cm³/mol. The molecule has 3 nitrogen and oxygen atoms in total. The zero-order valence-electron chi connectivity index (χ0n) is 17.6. The Morgan fingerprint density at radius 2 is 1.22 bits per heavy atom. The third kappa shape index (κ3) is 5.06. The fourth-order valence-corrected chi connectivity index (χ4v) is 3.60. The molecule has 154 valence electrons. The topological polar surface area (TPSA) is 53.2 Å². The Morgan fingerprint density at radius 1 is 0.719 bits per heavy atom. The van der Waals surface area contributed by atoms with Crippen molar-refractivity contribution in [3.8, 4) is 6.07 Å². The minimum Gasteiger partial charge on any atom is -0.297 e. The average molecular weight is 415 g/mol. The van der Waals surface area contributed by atoms with Gasteiger partial charge in [-0.05, 0) is 23.3 Å². The Balaban J connectivity index is 1.81. The first kappa shape index (κ1) is 21.0. The van der Waals surface area contributed by atoms with Crippen molar-refractivity contribution in [3.05, 3.63) is 143 Å². The summed E-state index contributed by atoms with van der Waals surface area (Å²) >= 11 is 0. The molecule has 32 heavy (non-hydrogen) atoms. The van der Waals surface area contributed by atoms with Gasteiger partial charge in [0.15, 0.2) is 5.78 Å². The van der Waals surface area contributed by atoms with Crippen LogP contribution in [0.3, 0.4) is 0 Å². The van der Waals surface area contributed by atoms with E-state index >= 15 is 0 Å². The number of benzene rings is 4. The van der Waals surface area contributed by atoms with Gasteiger partial charge in [-0.2, -0.15) is 5.26 Å². The highest BCUT2D eigenvalue weighted by Crippen LogP contribution is 2.24. The van der Waals surface area contributed by atoms with Gasteiger partial charge in [-0.1, -0.05) is 103 Å². The molecular formula is C29H22N2O. The van der Waals surface area contributed by atoms with E-state index < -0.39 is 6.04 Å². The van der Waals surface area contributed by atoms with E-state index in [0.717, 1.165) is 28.0 Å². The lowest BCUT2D eigenvalue weighted by atomic mass is 9.95. The maximum absolute atomic E-state index is 13.5. The molecule has 0 aliphatic carbocycles. The highest BCUT2D eigenvalue weighted by Gasteiger charge is 2.22. The van der Waals surface area contributed by atoms with Crippen LogP contribution in [-0.4, -0.2) is 11.5 Å². The summed E-state index contributed by atoms with van der Waals surface area (Å²) in [5.74, 6) is 0.00488. The summed E-state index contributed by atoms with van der Waals surface area (Å²) in [5, 5.41) is 9.17. The number of carbonyl (C=O) groups excluding carboxylic acids is 1. The van der Waals surface area contributed by atoms with Crippen molar-refractivity contribution in [2.24, 2.45) is 4.99 Å². The Hall–Kier alpha value is -4.29. The largest absolute Gasteiger partial charge is 0.297 e. The lowest BCUT2D eigenvalue weighted by Gasteiger charge is -2.16. The molecule has 4 rings (SSSR count). The summed E-state index contributed by atoms with van der Waals surface area (Å²) in [5.41, 5.74) is 4.94. The van der Waals surface area contributed by atoms with E-state index in [0.29, 0.717) is 5.56 Å². The molecule has 1 unspecified atom stereocenters. The SMILES string of the molecule is N#Cc1ccc(C(N=C(c2ccccc2)c2ccccc2)C(=O)Cc2ccccc2)cc1. The molecule has 0 aromatic heterocycles. The van der Waals surface area contributed by atoms with Crippen LogP contribution in [0.4, 0.5) is 0 Å². The van der Waals surface area contributed by atoms with Crippen LogP contribution >= 0.6 is 0 Å². The first-order chi connectivity index (χ1) is 15.7. The summed E-state index contributed by atoms with van der Waals surface area (Å²) < 4.78 is 0. The number of hydrogen-bond acceptors (Lipinski definition) is 3. The van der Waals surface area contributed by atoms with E-state index in [2.05, 4.69) is 6.07 Å². The van der Waals surface area contributed by atoms with Crippen molar-refractivity contribution >= 4 is 11.5 Å². The van der Waals surface area contributed by atoms with Crippen molar-refractivity contribution in [2.45, 2.75) is 12.5 Å². The van der Waals surface area contributed by atoms with Crippen LogP contribution in [0, 0.1) is 11.3 Å². The monoisotopic (exact) mass is 414 g/mol. The molecule has 4 aromatic carbocycles. The number of nitrogens with zero attached hydrogens (tertiary/aromatic N) is 2. The molecule has 0 N–H and O–H groups in total. The lowest BCUT2D eigenvalue weighted by Crippen LogP contribution is -2.17. The summed E-state index contributed by atoms with van der Waals surface area (Å²) in [4.78, 5) is 18.5. The van der Waals surface area contributed by atoms with Crippen LogP contribution in [-0.2, 0) is 11.2 Å². The number of Topliss-reactive ketones (excluding diaryl/α,β-unsaturated/α-hetero) is 1. The van der Waals surface area contributed by atoms with Gasteiger partial charge >= 0.3 is 0 Å². The number of ketones is 1. The standard InChI is InChI=1S/C29H22N2O/c30-21-23-16-18-26(19-17-23)29(27(32)20-22-10-4-1-5-11-22)31-28(24-12-6-2-7-13-24)25-14-8-3-9-15-25/h1-19,29H,20H2. The number of aliphatic imine (C=N–C) groups is 1. The molecule has 0 heterocycles. The van der Waals surface area contributed by atoms with Crippen LogP contribution in [0.2, 0.25) is 0 Å². The fraction of sp³-hybridized carbons (Fsp3) is 0.0690. The van der Waals surface area contributed by atoms with Crippen molar-refractivity contribution in [2.75, 3.05) is 0 Å². The first-order valence-electron chi connectivity index (χ1n) is 10.5. The number of hydrogen-bond donors (Lipinski definition) is 0. The van der Waals surface area contributed by atoms with E-state index in [1.165, 1.54) is 0 Å². The molecule has 4 aromatic rings. The molecule has 0 aliphatic rings. The van der Waals surface area contributed by atoms with Gasteiger partial charge in [0.05, 0.1) is 17.3 Å². The maximum atomic E-state index is 13.5. The quantitative estimate of drug-likeness (QED) is 0.351. The number of carbonyl (C=O) groups is 1. The van der Waals surface area contributed by atoms with Gasteiger partial charge in [-0.15, -0.1) is 0 Å². The second kappa shape index (κ2) is 10.1. The molecule has 0 fully saturated rings. The van der Waals surface area contributed by atoms with Crippen molar-refractivity contribution in [1.82, 2.24) is 0 Å². The summed E-state index contributed by atoms with van der Waals surface area (Å²) in [6.07, 6.45) is 0.284. The Labute approximate surface area is 188 Å². The van der Waals surface area contributed by atoms with Crippen LogP contribution in [0.5, 0.6) is 0 Å². The molecule has 1 atom stereocenters. The van der Waals surface area contributed by atoms with E-state index in [1.54, 1.807) is 12.1 Å². The zero-order chi connectivity index (χ0) is 22.2. The minimum absolute atomic E-state index is 0.00488. The fourth-order valence-electron chi connectivity index (χ4n) is 3.60. The van der Waals surface area contributed by atoms with E-state index in [9.17, 15) is 4.79 Å². The molecule has 0 radical (unpaired) electrons. The second-order valence-electron chi connectivity index (χ2n) is 7.47. The van der Waals surface area contributed by atoms with Crippen LogP contribution in [0.1, 0.15) is 33.9 Å². The molecule has 0 aliphatic heterocycles. The molecule has 0 bridgehead atoms. The van der Waals surface area contributed by atoms with Crippen molar-refractivity contribution in [3.63, 3.8) is 0 Å². The Bertz CT molecular complexity index is 1200. The number of nitriles is 1. The van der Waals surface area contributed by atoms with Gasteiger partial charge < -0.3 is 0 Å². The molecule has 0 saturated heterocycles. The predicted octanol–water partition coefficient (Wildman–Crippen LogP) is 5.95. The zero-order valence-corrected chi connectivity index (χ0v) is 17.6. The highest BCUT2D eigenvalue weighted by atomic mass is 16.1. The summed E-state index contributed by atoms with van der Waals surface area (Å²) in [7, 11) is 0. The average Bonchev–Trinajstić information content (AvgIpc) is 2.86. The smallest absolute Gasteiger partial charge is 0.166 e. The highest BCUT2D eigenvalue weighted by molar-refractivity contribution is 6.13. The van der Waals surface area contributed by atoms with Gasteiger partial charge in [0, 0.05) is 17.5 Å². The third-order valence-electron chi connectivity index (χ3n) is 5.23. The molecule has 0 amide bonds. The molecule has 0 spiro atoms. The third-order valence-corrected chi connectivity index (χ3v) is 5.23. The van der Waals surface area contributed by atoms with Crippen LogP contribution < -0.4 is 0 Å². The molecule has 0 saturated carbocycles. The molecular weight excluding hydrogens is 392 g/mol. The number of rotatable bonds is 7. The van der Waals surface area contributed by atoms with E-state index in [-0.39, 0.29) is 12.2 Å². The van der Waals surface area contributed by atoms with E-state index in [1.807, 2.05) is 103 Å². The van der Waals surface area contributed by atoms with Gasteiger partial charge in [0.1, 0.15) is 6.04 Å². The Kier molecular flexibility index (Phi) is 6.65. The van der Waals surface area contributed by atoms with Crippen molar-refractivity contribution < 1.29 is 4.79 Å². The van der Waals surface area contributed by atoms with Gasteiger partial charge in [0.25, 0.3) is 0 Å². The van der Waals surface area contributed by atoms with Gasteiger partial charge in [0.2, 0.25) is 0 Å². The van der Waals surface area contributed by atoms with Gasteiger partial charge in [-0.3, -0.25) is 9.79 Å². The minimum atomic E-state index is -0.682. The molecule has 3 heteroatoms. The second-order valence-corrected chi connectivity index (χ2v) is 7.47.